The van der Waals surface area contributed by atoms with Gasteiger partial charge in [-0.1, -0.05) is 39.3 Å². The molecule has 0 saturated carbocycles. The normalized spacial score (nSPS) is 14.3. The van der Waals surface area contributed by atoms with E-state index in [-0.39, 0.29) is 0 Å². The average molecular weight is 335 g/mol. The topological polar surface area (TPSA) is 3.24 Å². The molecule has 1 aliphatic rings. The second kappa shape index (κ2) is 8.06. The van der Waals surface area contributed by atoms with Crippen molar-refractivity contribution >= 4 is 27.3 Å². The Kier molecular flexibility index (Phi) is 5.59. The minimum absolute atomic E-state index is 0.883. The molecule has 0 bridgehead atoms. The molecule has 1 heterocycles. The van der Waals surface area contributed by atoms with Gasteiger partial charge < -0.3 is 4.90 Å². The number of hydrogen-bond donors (Lipinski definition) is 0. The van der Waals surface area contributed by atoms with Crippen LogP contribution in [-0.2, 0) is 0 Å². The molecule has 3 rings (SSSR count). The van der Waals surface area contributed by atoms with Gasteiger partial charge >= 0.3 is 0 Å². The molecule has 0 aromatic heterocycles. The number of anilines is 1. The molecule has 2 aromatic rings. The summed E-state index contributed by atoms with van der Waals surface area (Å²) in [5.74, 6) is 11.4. The fourth-order valence-electron chi connectivity index (χ4n) is 2.33. The van der Waals surface area contributed by atoms with Crippen molar-refractivity contribution in [1.82, 2.24) is 0 Å². The van der Waals surface area contributed by atoms with Crippen LogP contribution < -0.4 is 4.90 Å². The zero-order valence-corrected chi connectivity index (χ0v) is 14.4. The van der Waals surface area contributed by atoms with E-state index in [2.05, 4.69) is 46.9 Å². The van der Waals surface area contributed by atoms with Crippen molar-refractivity contribution in [1.29, 1.82) is 0 Å². The Morgan fingerprint density at radius 2 is 1.22 bits per heavy atom. The van der Waals surface area contributed by atoms with Gasteiger partial charge in [-0.05, 0) is 48.5 Å². The molecule has 1 saturated heterocycles. The Morgan fingerprint density at radius 1 is 0.739 bits per heavy atom. The lowest BCUT2D eigenvalue weighted by Crippen LogP contribution is -2.26. The van der Waals surface area contributed by atoms with Crippen molar-refractivity contribution in [3.05, 3.63) is 65.2 Å². The van der Waals surface area contributed by atoms with Crippen LogP contribution in [0.1, 0.15) is 16.7 Å². The second-order valence-corrected chi connectivity index (χ2v) is 7.85. The number of terminal acetylenes is 1. The van der Waals surface area contributed by atoms with Crippen LogP contribution in [0.25, 0.3) is 0 Å². The van der Waals surface area contributed by atoms with E-state index < -0.39 is 0 Å². The van der Waals surface area contributed by atoms with Gasteiger partial charge in [0, 0.05) is 47.0 Å². The van der Waals surface area contributed by atoms with Gasteiger partial charge in [-0.15, -0.1) is 6.42 Å². The first-order valence-electron chi connectivity index (χ1n) is 7.53. The molecule has 0 aliphatic carbocycles. The summed E-state index contributed by atoms with van der Waals surface area (Å²) in [7, 11) is 3.93. The fourth-order valence-corrected chi connectivity index (χ4v) is 4.31. The fraction of sp³-hybridized carbons (Fsp3) is 0.200. The zero-order chi connectivity index (χ0) is 15.9. The van der Waals surface area contributed by atoms with Crippen molar-refractivity contribution in [2.45, 2.75) is 0 Å². The van der Waals surface area contributed by atoms with Gasteiger partial charge in [0.25, 0.3) is 0 Å². The third kappa shape index (κ3) is 4.52. The summed E-state index contributed by atoms with van der Waals surface area (Å²) >= 11 is 0. The molecule has 0 radical (unpaired) electrons. The van der Waals surface area contributed by atoms with Crippen molar-refractivity contribution in [3.8, 4) is 24.2 Å². The predicted molar refractivity (Wildman–Crippen MR) is 104 cm³/mol. The van der Waals surface area contributed by atoms with Gasteiger partial charge in [0.15, 0.2) is 0 Å². The Bertz CT molecular complexity index is 737. The summed E-state index contributed by atoms with van der Waals surface area (Å²) in [6.45, 7) is 2.23. The van der Waals surface area contributed by atoms with E-state index >= 15 is 0 Å². The number of rotatable bonds is 1. The van der Waals surface area contributed by atoms with E-state index in [1.165, 1.54) is 17.2 Å². The highest BCUT2D eigenvalue weighted by molar-refractivity contribution is 8.76. The summed E-state index contributed by atoms with van der Waals surface area (Å²) in [5, 5.41) is 0. The Morgan fingerprint density at radius 3 is 1.74 bits per heavy atom. The highest BCUT2D eigenvalue weighted by Crippen LogP contribution is 2.26. The quantitative estimate of drug-likeness (QED) is 0.566. The molecule has 1 fully saturated rings. The van der Waals surface area contributed by atoms with Crippen LogP contribution in [0.3, 0.4) is 0 Å². The molecule has 114 valence electrons. The largest absolute Gasteiger partial charge is 0.370 e. The van der Waals surface area contributed by atoms with Gasteiger partial charge in [0.1, 0.15) is 0 Å². The van der Waals surface area contributed by atoms with Crippen LogP contribution in [0, 0.1) is 24.2 Å². The molecular formula is C20H17NS2. The van der Waals surface area contributed by atoms with Crippen molar-refractivity contribution in [3.63, 3.8) is 0 Å². The lowest BCUT2D eigenvalue weighted by atomic mass is 10.1. The van der Waals surface area contributed by atoms with Crippen LogP contribution in [0.5, 0.6) is 0 Å². The van der Waals surface area contributed by atoms with E-state index in [1.54, 1.807) is 0 Å². The predicted octanol–water partition coefficient (Wildman–Crippen LogP) is 4.27. The van der Waals surface area contributed by atoms with E-state index in [9.17, 15) is 0 Å². The molecule has 0 atom stereocenters. The maximum Gasteiger partial charge on any atom is 0.0367 e. The van der Waals surface area contributed by atoms with Gasteiger partial charge in [0.2, 0.25) is 0 Å². The van der Waals surface area contributed by atoms with Crippen LogP contribution in [0.4, 0.5) is 5.69 Å². The Hall–Kier alpha value is -1.94. The van der Waals surface area contributed by atoms with E-state index in [4.69, 9.17) is 6.42 Å². The molecular weight excluding hydrogens is 318 g/mol. The monoisotopic (exact) mass is 335 g/mol. The van der Waals surface area contributed by atoms with Crippen molar-refractivity contribution < 1.29 is 0 Å². The van der Waals surface area contributed by atoms with E-state index in [0.29, 0.717) is 0 Å². The zero-order valence-electron chi connectivity index (χ0n) is 12.8. The first kappa shape index (κ1) is 15.9. The minimum atomic E-state index is 0.883. The van der Waals surface area contributed by atoms with Gasteiger partial charge in [-0.2, -0.15) is 0 Å². The molecule has 1 aliphatic heterocycles. The van der Waals surface area contributed by atoms with Crippen molar-refractivity contribution in [2.24, 2.45) is 0 Å². The van der Waals surface area contributed by atoms with Gasteiger partial charge in [0.05, 0.1) is 0 Å². The molecule has 23 heavy (non-hydrogen) atoms. The summed E-state index contributed by atoms with van der Waals surface area (Å²) in [4.78, 5) is 2.45. The van der Waals surface area contributed by atoms with Crippen LogP contribution >= 0.6 is 21.6 Å². The number of benzene rings is 2. The third-order valence-electron chi connectivity index (χ3n) is 3.61. The smallest absolute Gasteiger partial charge is 0.0367 e. The van der Waals surface area contributed by atoms with Crippen LogP contribution in [0.2, 0.25) is 0 Å². The minimum Gasteiger partial charge on any atom is -0.370 e. The van der Waals surface area contributed by atoms with Gasteiger partial charge in [-0.25, -0.2) is 0 Å². The summed E-state index contributed by atoms with van der Waals surface area (Å²) in [6.07, 6.45) is 5.36. The highest BCUT2D eigenvalue weighted by atomic mass is 33.1. The molecule has 0 unspecified atom stereocenters. The Labute approximate surface area is 146 Å². The summed E-state index contributed by atoms with van der Waals surface area (Å²) in [6, 6.07) is 16.3. The third-order valence-corrected chi connectivity index (χ3v) is 5.97. The SMILES string of the molecule is C#Cc1ccc(C#Cc2ccc(N3CCSSCC3)cc2)cc1. The number of hydrogen-bond acceptors (Lipinski definition) is 3. The van der Waals surface area contributed by atoms with E-state index in [0.717, 1.165) is 29.8 Å². The average Bonchev–Trinajstić information content (AvgIpc) is 2.90. The maximum absolute atomic E-state index is 5.36. The Balaban J connectivity index is 1.70. The second-order valence-electron chi connectivity index (χ2n) is 5.15. The van der Waals surface area contributed by atoms with Crippen LogP contribution in [-0.4, -0.2) is 24.6 Å². The lowest BCUT2D eigenvalue weighted by molar-refractivity contribution is 0.884. The van der Waals surface area contributed by atoms with Crippen molar-refractivity contribution in [2.75, 3.05) is 29.5 Å². The maximum atomic E-state index is 5.36. The highest BCUT2D eigenvalue weighted by Gasteiger charge is 2.09. The van der Waals surface area contributed by atoms with Crippen LogP contribution in [0.15, 0.2) is 48.5 Å². The first-order chi connectivity index (χ1) is 11.3. The summed E-state index contributed by atoms with van der Waals surface area (Å²) in [5.41, 5.74) is 4.19. The van der Waals surface area contributed by atoms with Gasteiger partial charge in [-0.3, -0.25) is 0 Å². The first-order valence-corrected chi connectivity index (χ1v) is 10.0. The standard InChI is InChI=1S/C20H17NS2/c1-2-17-3-5-18(6-4-17)7-8-19-9-11-20(12-10-19)21-13-15-22-23-16-14-21/h1,3-6,9-12H,13-16H2. The lowest BCUT2D eigenvalue weighted by Gasteiger charge is -2.21. The molecule has 0 spiro atoms. The molecule has 2 aromatic carbocycles. The summed E-state index contributed by atoms with van der Waals surface area (Å²) < 4.78 is 0. The molecule has 1 nitrogen and oxygen atoms in total. The molecule has 0 N–H and O–H groups in total. The molecule has 3 heteroatoms. The molecule has 0 amide bonds. The number of nitrogens with zero attached hydrogens (tertiary/aromatic N) is 1. The van der Waals surface area contributed by atoms with E-state index in [1.807, 2.05) is 45.9 Å².